The van der Waals surface area contributed by atoms with E-state index < -0.39 is 89.4 Å². The molecule has 0 aliphatic carbocycles. The first-order valence-corrected chi connectivity index (χ1v) is 15.7. The summed E-state index contributed by atoms with van der Waals surface area (Å²) in [6.45, 7) is -2.05. The molecule has 246 valence electrons. The second-order valence-corrected chi connectivity index (χ2v) is 12.8. The van der Waals surface area contributed by atoms with Crippen LogP contribution in [-0.2, 0) is 32.0 Å². The Morgan fingerprint density at radius 1 is 1.07 bits per heavy atom. The summed E-state index contributed by atoms with van der Waals surface area (Å²) in [5.41, 5.74) is 9.81. The minimum Gasteiger partial charge on any atom is -0.756 e. The van der Waals surface area contributed by atoms with Crippen molar-refractivity contribution in [1.29, 1.82) is 0 Å². The molecule has 5 heterocycles. The van der Waals surface area contributed by atoms with E-state index in [0.717, 1.165) is 10.9 Å². The fraction of sp³-hybridized carbons (Fsp3) is 0.476. The fourth-order valence-electron chi connectivity index (χ4n) is 4.64. The minimum atomic E-state index is -5.73. The standard InChI is InChI=1S/C21H27N7O15P2.Na/c22-16(33)8-2-1-3-27(4-8)19-14(31)12(29)9(41-19)5-39-44(35,36)43-45(37,38)40-6-10-13(30)15(32)20(42-10)28-7-24-11-17(28)25-21(23)26-18(11)34;/h1-4,7,9-10,12-15,19-20,29-32H,5-6H2,(H6-,22,23,25,26,33,34,35,36,37,38);/q;+1/p-1/t9-,10-,12-,13+,14-,15?,19-,20-;/m1./s1. The van der Waals surface area contributed by atoms with Crippen LogP contribution in [0.3, 0.4) is 0 Å². The molecule has 5 rings (SSSR count). The number of nitrogens with zero attached hydrogens (tertiary/aromatic N) is 4. The van der Waals surface area contributed by atoms with E-state index in [1.165, 1.54) is 29.1 Å². The molecule has 22 nitrogen and oxygen atoms in total. The molecular weight excluding hydrogens is 675 g/mol. The zero-order valence-electron chi connectivity index (χ0n) is 23.5. The van der Waals surface area contributed by atoms with Crippen LogP contribution in [0.15, 0.2) is 35.6 Å². The van der Waals surface area contributed by atoms with Crippen molar-refractivity contribution in [2.45, 2.75) is 49.1 Å². The number of amides is 1. The van der Waals surface area contributed by atoms with Crippen molar-refractivity contribution in [2.75, 3.05) is 18.9 Å². The normalized spacial score (nSPS) is 30.5. The number of fused-ring (bicyclic) bond motifs is 1. The van der Waals surface area contributed by atoms with Gasteiger partial charge in [0.2, 0.25) is 5.95 Å². The van der Waals surface area contributed by atoms with Gasteiger partial charge in [0.15, 0.2) is 35.9 Å². The van der Waals surface area contributed by atoms with Crippen molar-refractivity contribution in [3.05, 3.63) is 46.8 Å². The zero-order chi connectivity index (χ0) is 32.8. The zero-order valence-corrected chi connectivity index (χ0v) is 27.3. The summed E-state index contributed by atoms with van der Waals surface area (Å²) >= 11 is 0. The smallest absolute Gasteiger partial charge is 0.756 e. The number of ether oxygens (including phenoxy) is 2. The molecule has 46 heavy (non-hydrogen) atoms. The van der Waals surface area contributed by atoms with Gasteiger partial charge in [-0.2, -0.15) is 9.55 Å². The molecule has 2 aliphatic rings. The minimum absolute atomic E-state index is 0. The predicted molar refractivity (Wildman–Crippen MR) is 138 cm³/mol. The molecule has 2 saturated heterocycles. The number of nitrogens with two attached hydrogens (primary N) is 2. The van der Waals surface area contributed by atoms with E-state index in [9.17, 15) is 48.9 Å². The van der Waals surface area contributed by atoms with Gasteiger partial charge in [-0.15, -0.1) is 0 Å². The Morgan fingerprint density at radius 3 is 2.30 bits per heavy atom. The number of rotatable bonds is 11. The molecule has 25 heteroatoms. The summed E-state index contributed by atoms with van der Waals surface area (Å²) in [4.78, 5) is 58.0. The average Bonchev–Trinajstić information content (AvgIpc) is 3.60. The van der Waals surface area contributed by atoms with Crippen LogP contribution >= 0.6 is 15.6 Å². The topological polar surface area (TPSA) is 344 Å². The Labute approximate surface area is 279 Å². The van der Waals surface area contributed by atoms with Gasteiger partial charge >= 0.3 is 29.6 Å². The van der Waals surface area contributed by atoms with Gasteiger partial charge in [-0.25, -0.2) is 9.29 Å². The molecular formula is C21H26N7NaO15P2. The third kappa shape index (κ3) is 7.74. The Hall–Kier alpha value is -2.21. The number of aromatic amines is 1. The van der Waals surface area contributed by atoms with Gasteiger partial charge in [0.25, 0.3) is 33.3 Å². The van der Waals surface area contributed by atoms with Crippen LogP contribution in [0.1, 0.15) is 22.8 Å². The van der Waals surface area contributed by atoms with Crippen LogP contribution < -0.4 is 60.9 Å². The number of H-pyrrole nitrogens is 1. The number of imidazole rings is 1. The van der Waals surface area contributed by atoms with E-state index in [0.29, 0.717) is 0 Å². The maximum atomic E-state index is 12.3. The number of aliphatic hydroxyl groups is 4. The van der Waals surface area contributed by atoms with Crippen LogP contribution in [0.4, 0.5) is 5.95 Å². The number of phosphoric ester groups is 2. The molecule has 2 fully saturated rings. The van der Waals surface area contributed by atoms with Crippen molar-refractivity contribution >= 4 is 38.7 Å². The Balaban J connectivity index is 0.00000480. The van der Waals surface area contributed by atoms with Gasteiger partial charge in [-0.1, -0.05) is 0 Å². The van der Waals surface area contributed by atoms with Crippen molar-refractivity contribution in [1.82, 2.24) is 19.5 Å². The van der Waals surface area contributed by atoms with Crippen LogP contribution in [0, 0.1) is 0 Å². The van der Waals surface area contributed by atoms with Crippen molar-refractivity contribution in [3.63, 3.8) is 0 Å². The molecule has 1 amide bonds. The molecule has 9 N–H and O–H groups in total. The van der Waals surface area contributed by atoms with Gasteiger partial charge in [-0.3, -0.25) is 28.3 Å². The number of aromatic nitrogens is 5. The molecule has 0 spiro atoms. The van der Waals surface area contributed by atoms with Crippen molar-refractivity contribution in [2.24, 2.45) is 5.73 Å². The monoisotopic (exact) mass is 701 g/mol. The maximum absolute atomic E-state index is 12.3. The van der Waals surface area contributed by atoms with Gasteiger partial charge in [0.1, 0.15) is 36.1 Å². The fourth-order valence-corrected chi connectivity index (χ4v) is 6.65. The number of hydrogen-bond acceptors (Lipinski definition) is 18. The summed E-state index contributed by atoms with van der Waals surface area (Å²) in [5.74, 6) is -1.07. The summed E-state index contributed by atoms with van der Waals surface area (Å²) in [6.07, 6.45) is -8.99. The number of phosphoric acid groups is 2. The van der Waals surface area contributed by atoms with Crippen LogP contribution in [0.25, 0.3) is 11.2 Å². The number of anilines is 1. The second-order valence-electron chi connectivity index (χ2n) is 9.84. The summed E-state index contributed by atoms with van der Waals surface area (Å²) < 4.78 is 50.8. The van der Waals surface area contributed by atoms with Crippen molar-refractivity contribution < 1.29 is 101 Å². The molecule has 3 aromatic rings. The Morgan fingerprint density at radius 2 is 1.67 bits per heavy atom. The molecule has 2 aliphatic heterocycles. The quantitative estimate of drug-likeness (QED) is 0.0554. The number of carbonyl (C=O) groups is 1. The molecule has 3 unspecified atom stereocenters. The molecule has 10 atom stereocenters. The first kappa shape index (κ1) is 36.6. The van der Waals surface area contributed by atoms with E-state index in [-0.39, 0.29) is 52.2 Å². The van der Waals surface area contributed by atoms with E-state index in [1.54, 1.807) is 0 Å². The third-order valence-corrected chi connectivity index (χ3v) is 9.32. The number of pyridine rings is 1. The predicted octanol–water partition coefficient (Wildman–Crippen LogP) is -7.98. The molecule has 3 aromatic heterocycles. The van der Waals surface area contributed by atoms with Gasteiger partial charge in [0, 0.05) is 6.07 Å². The Bertz CT molecular complexity index is 1740. The van der Waals surface area contributed by atoms with E-state index in [2.05, 4.69) is 28.3 Å². The van der Waals surface area contributed by atoms with Crippen LogP contribution in [0.5, 0.6) is 0 Å². The largest absolute Gasteiger partial charge is 1.00 e. The molecule has 0 saturated carbocycles. The number of hydrogen-bond donors (Lipinski definition) is 7. The van der Waals surface area contributed by atoms with E-state index in [1.807, 2.05) is 0 Å². The van der Waals surface area contributed by atoms with E-state index >= 15 is 0 Å². The summed E-state index contributed by atoms with van der Waals surface area (Å²) in [7, 11) is -11.4. The Kier molecular flexibility index (Phi) is 11.2. The molecule has 0 bridgehead atoms. The SMILES string of the molecule is NC(=O)c1ccc[n+]([C@@H]2O[C@H](COP(=O)([O-])OP(=O)([O-])OC[C@H]3O[C@@H](n4cnc5c(=O)[nH]c(N)nc54)C(O)[C@H]3O)[C@@H](O)[C@H]2O)c1.[Na+]. The number of carbonyl (C=O) groups excluding carboxylic acids is 1. The van der Waals surface area contributed by atoms with Gasteiger partial charge in [-0.05, 0) is 6.07 Å². The number of nitrogens with one attached hydrogen (secondary N) is 1. The number of primary amides is 1. The molecule has 0 radical (unpaired) electrons. The first-order chi connectivity index (χ1) is 21.1. The average molecular weight is 701 g/mol. The first-order valence-electron chi connectivity index (χ1n) is 12.8. The second kappa shape index (κ2) is 14.1. The van der Waals surface area contributed by atoms with Gasteiger partial charge in [0.05, 0.1) is 19.5 Å². The summed E-state index contributed by atoms with van der Waals surface area (Å²) in [5, 5.41) is 41.5. The van der Waals surface area contributed by atoms with Crippen LogP contribution in [0.2, 0.25) is 0 Å². The van der Waals surface area contributed by atoms with E-state index in [4.69, 9.17) is 20.9 Å². The van der Waals surface area contributed by atoms with Gasteiger partial charge < -0.3 is 60.2 Å². The summed E-state index contributed by atoms with van der Waals surface area (Å²) in [6, 6.07) is 2.79. The van der Waals surface area contributed by atoms with Crippen molar-refractivity contribution in [3.8, 4) is 0 Å². The van der Waals surface area contributed by atoms with Crippen LogP contribution in [-0.4, -0.2) is 95.7 Å². The maximum Gasteiger partial charge on any atom is 1.00 e. The number of aliphatic hydroxyl groups excluding tert-OH is 4. The number of nitrogen functional groups attached to an aromatic ring is 1. The molecule has 0 aromatic carbocycles. The third-order valence-electron chi connectivity index (χ3n) is 6.79.